The van der Waals surface area contributed by atoms with Gasteiger partial charge in [0.25, 0.3) is 23.1 Å². The molecule has 1 heterocycles. The second-order valence-corrected chi connectivity index (χ2v) is 5.79. The minimum absolute atomic E-state index is 0.0427. The Morgan fingerprint density at radius 1 is 1.15 bits per heavy atom. The summed E-state index contributed by atoms with van der Waals surface area (Å²) in [4.78, 5) is 48.9. The van der Waals surface area contributed by atoms with Crippen LogP contribution in [0.4, 0.5) is 11.4 Å². The summed E-state index contributed by atoms with van der Waals surface area (Å²) in [6, 6.07) is 6.33. The lowest BCUT2D eigenvalue weighted by molar-refractivity contribution is -0.384. The van der Waals surface area contributed by atoms with Crippen LogP contribution in [-0.2, 0) is 7.05 Å². The second kappa shape index (κ2) is 8.26. The molecule has 0 spiro atoms. The molecule has 1 N–H and O–H groups in total. The number of aromatic nitrogens is 1. The molecule has 1 aromatic carbocycles. The largest absolute Gasteiger partial charge is 0.339 e. The number of nitrogens with one attached hydrogen (secondary N) is 1. The van der Waals surface area contributed by atoms with E-state index < -0.39 is 16.4 Å². The molecule has 0 unspecified atom stereocenters. The Bertz CT molecular complexity index is 930. The number of pyridine rings is 1. The molecule has 0 aliphatic rings. The van der Waals surface area contributed by atoms with E-state index in [-0.39, 0.29) is 28.4 Å². The lowest BCUT2D eigenvalue weighted by atomic mass is 10.2. The number of carbonyl (C=O) groups excluding carboxylic acids is 2. The SMILES string of the molecule is CCN(CC)C(=O)c1cc(NC(=O)c2ccc([N+](=O)[O-])cc2)c(=O)n(C)c1. The average molecular weight is 372 g/mol. The van der Waals surface area contributed by atoms with Crippen molar-refractivity contribution in [3.63, 3.8) is 0 Å². The Balaban J connectivity index is 2.32. The van der Waals surface area contributed by atoms with E-state index in [1.165, 1.54) is 48.1 Å². The molecule has 142 valence electrons. The first kappa shape index (κ1) is 19.8. The van der Waals surface area contributed by atoms with Crippen LogP contribution in [0.25, 0.3) is 0 Å². The molecule has 2 aromatic rings. The number of hydrogen-bond acceptors (Lipinski definition) is 5. The molecule has 0 saturated heterocycles. The maximum absolute atomic E-state index is 12.5. The fraction of sp³-hybridized carbons (Fsp3) is 0.278. The number of aryl methyl sites for hydroxylation is 1. The molecule has 1 aromatic heterocycles. The van der Waals surface area contributed by atoms with E-state index in [4.69, 9.17) is 0 Å². The topological polar surface area (TPSA) is 115 Å². The highest BCUT2D eigenvalue weighted by Crippen LogP contribution is 2.14. The number of anilines is 1. The van der Waals surface area contributed by atoms with Gasteiger partial charge in [0.05, 0.1) is 10.5 Å². The third-order valence-electron chi connectivity index (χ3n) is 4.07. The fourth-order valence-corrected chi connectivity index (χ4v) is 2.54. The molecule has 0 aliphatic carbocycles. The third kappa shape index (κ3) is 4.38. The van der Waals surface area contributed by atoms with Crippen molar-refractivity contribution in [1.82, 2.24) is 9.47 Å². The van der Waals surface area contributed by atoms with Gasteiger partial charge in [0.1, 0.15) is 5.69 Å². The van der Waals surface area contributed by atoms with Crippen molar-refractivity contribution >= 4 is 23.2 Å². The summed E-state index contributed by atoms with van der Waals surface area (Å²) in [5.74, 6) is -0.851. The van der Waals surface area contributed by atoms with Gasteiger partial charge in [-0.25, -0.2) is 0 Å². The molecule has 0 fully saturated rings. The molecule has 0 atom stereocenters. The lowest BCUT2D eigenvalue weighted by Crippen LogP contribution is -2.32. The van der Waals surface area contributed by atoms with E-state index in [2.05, 4.69) is 5.32 Å². The Labute approximate surface area is 155 Å². The number of nitro groups is 1. The summed E-state index contributed by atoms with van der Waals surface area (Å²) in [6.45, 7) is 4.73. The van der Waals surface area contributed by atoms with Crippen LogP contribution in [0.15, 0.2) is 41.3 Å². The Morgan fingerprint density at radius 3 is 2.26 bits per heavy atom. The van der Waals surface area contributed by atoms with Gasteiger partial charge in [-0.15, -0.1) is 0 Å². The van der Waals surface area contributed by atoms with Crippen molar-refractivity contribution in [1.29, 1.82) is 0 Å². The highest BCUT2D eigenvalue weighted by Gasteiger charge is 2.17. The summed E-state index contributed by atoms with van der Waals surface area (Å²) < 4.78 is 1.22. The van der Waals surface area contributed by atoms with Crippen LogP contribution in [0.3, 0.4) is 0 Å². The molecule has 2 amide bonds. The van der Waals surface area contributed by atoms with Gasteiger partial charge in [-0.1, -0.05) is 0 Å². The predicted molar refractivity (Wildman–Crippen MR) is 100.0 cm³/mol. The molecular weight excluding hydrogens is 352 g/mol. The minimum Gasteiger partial charge on any atom is -0.339 e. The van der Waals surface area contributed by atoms with Crippen molar-refractivity contribution in [3.8, 4) is 0 Å². The maximum Gasteiger partial charge on any atom is 0.274 e. The summed E-state index contributed by atoms with van der Waals surface area (Å²) in [5.41, 5.74) is -0.225. The monoisotopic (exact) mass is 372 g/mol. The molecule has 27 heavy (non-hydrogen) atoms. The van der Waals surface area contributed by atoms with Gasteiger partial charge in [0.15, 0.2) is 0 Å². The van der Waals surface area contributed by atoms with E-state index >= 15 is 0 Å². The molecule has 2 rings (SSSR count). The second-order valence-electron chi connectivity index (χ2n) is 5.79. The first-order chi connectivity index (χ1) is 12.8. The van der Waals surface area contributed by atoms with Gasteiger partial charge < -0.3 is 14.8 Å². The first-order valence-corrected chi connectivity index (χ1v) is 8.34. The summed E-state index contributed by atoms with van der Waals surface area (Å²) >= 11 is 0. The van der Waals surface area contributed by atoms with Crippen LogP contribution in [0.1, 0.15) is 34.6 Å². The zero-order valence-corrected chi connectivity index (χ0v) is 15.3. The van der Waals surface area contributed by atoms with Crippen molar-refractivity contribution in [2.24, 2.45) is 7.05 Å². The Kier molecular flexibility index (Phi) is 6.07. The van der Waals surface area contributed by atoms with Crippen LogP contribution in [-0.4, -0.2) is 39.3 Å². The van der Waals surface area contributed by atoms with Crippen LogP contribution in [0.5, 0.6) is 0 Å². The zero-order valence-electron chi connectivity index (χ0n) is 15.3. The highest BCUT2D eigenvalue weighted by atomic mass is 16.6. The Hall–Kier alpha value is -3.49. The van der Waals surface area contributed by atoms with Gasteiger partial charge in [0.2, 0.25) is 0 Å². The van der Waals surface area contributed by atoms with E-state index in [1.54, 1.807) is 4.90 Å². The van der Waals surface area contributed by atoms with Gasteiger partial charge in [-0.3, -0.25) is 24.5 Å². The van der Waals surface area contributed by atoms with Crippen LogP contribution in [0.2, 0.25) is 0 Å². The number of non-ortho nitro benzene ring substituents is 1. The molecule has 0 aliphatic heterocycles. The number of nitrogens with zero attached hydrogens (tertiary/aromatic N) is 3. The number of nitro benzene ring substituents is 1. The molecular formula is C18H20N4O5. The molecule has 0 radical (unpaired) electrons. The van der Waals surface area contributed by atoms with Gasteiger partial charge in [-0.05, 0) is 32.0 Å². The first-order valence-electron chi connectivity index (χ1n) is 8.34. The zero-order chi connectivity index (χ0) is 20.1. The summed E-state index contributed by atoms with van der Waals surface area (Å²) in [6.07, 6.45) is 1.42. The van der Waals surface area contributed by atoms with Crippen molar-refractivity contribution in [3.05, 3.63) is 68.1 Å². The van der Waals surface area contributed by atoms with E-state index in [1.807, 2.05) is 13.8 Å². The smallest absolute Gasteiger partial charge is 0.274 e. The van der Waals surface area contributed by atoms with Gasteiger partial charge in [0, 0.05) is 44.0 Å². The molecule has 9 heteroatoms. The number of benzene rings is 1. The van der Waals surface area contributed by atoms with Crippen LogP contribution >= 0.6 is 0 Å². The molecule has 0 saturated carbocycles. The number of rotatable bonds is 6. The van der Waals surface area contributed by atoms with Crippen molar-refractivity contribution < 1.29 is 14.5 Å². The van der Waals surface area contributed by atoms with Crippen LogP contribution in [0, 0.1) is 10.1 Å². The molecule has 0 bridgehead atoms. The Morgan fingerprint density at radius 2 is 1.74 bits per heavy atom. The lowest BCUT2D eigenvalue weighted by Gasteiger charge is -2.19. The number of carbonyl (C=O) groups is 2. The third-order valence-corrected chi connectivity index (χ3v) is 4.07. The predicted octanol–water partition coefficient (Wildman–Crippen LogP) is 2.03. The quantitative estimate of drug-likeness (QED) is 0.615. The number of amides is 2. The van der Waals surface area contributed by atoms with Crippen molar-refractivity contribution in [2.45, 2.75) is 13.8 Å². The van der Waals surface area contributed by atoms with E-state index in [0.29, 0.717) is 13.1 Å². The minimum atomic E-state index is -0.602. The average Bonchev–Trinajstić information content (AvgIpc) is 2.66. The number of hydrogen-bond donors (Lipinski definition) is 1. The highest BCUT2D eigenvalue weighted by molar-refractivity contribution is 6.05. The van der Waals surface area contributed by atoms with Gasteiger partial charge >= 0.3 is 0 Å². The summed E-state index contributed by atoms with van der Waals surface area (Å²) in [7, 11) is 1.49. The van der Waals surface area contributed by atoms with Gasteiger partial charge in [-0.2, -0.15) is 0 Å². The van der Waals surface area contributed by atoms with Crippen molar-refractivity contribution in [2.75, 3.05) is 18.4 Å². The normalized spacial score (nSPS) is 10.3. The standard InChI is InChI=1S/C18H20N4O5/c1-4-21(5-2)17(24)13-10-15(18(25)20(3)11-13)19-16(23)12-6-8-14(9-7-12)22(26)27/h6-11H,4-5H2,1-3H3,(H,19,23). The summed E-state index contributed by atoms with van der Waals surface area (Å²) in [5, 5.41) is 13.2. The fourth-order valence-electron chi connectivity index (χ4n) is 2.54. The van der Waals surface area contributed by atoms with E-state index in [9.17, 15) is 24.5 Å². The molecule has 9 nitrogen and oxygen atoms in total. The maximum atomic E-state index is 12.5. The van der Waals surface area contributed by atoms with E-state index in [0.717, 1.165) is 0 Å². The van der Waals surface area contributed by atoms with Crippen LogP contribution < -0.4 is 10.9 Å².